The second kappa shape index (κ2) is 9.21. The zero-order valence-corrected chi connectivity index (χ0v) is 18.3. The maximum absolute atomic E-state index is 10.1. The molecule has 0 aliphatic carbocycles. The van der Waals surface area contributed by atoms with Crippen LogP contribution in [0.4, 0.5) is 0 Å². The van der Waals surface area contributed by atoms with Gasteiger partial charge in [0.05, 0.1) is 23.8 Å². The molecule has 0 radical (unpaired) electrons. The molecule has 3 heterocycles. The lowest BCUT2D eigenvalue weighted by atomic mass is 9.85. The molecule has 0 saturated carbocycles. The molecule has 0 aromatic heterocycles. The summed E-state index contributed by atoms with van der Waals surface area (Å²) in [5, 5.41) is 10.6. The molecule has 3 aliphatic rings. The molecule has 2 saturated heterocycles. The number of methoxy groups -OCH3 is 1. The number of hydrogen-bond acceptors (Lipinski definition) is 5. The Labute approximate surface area is 173 Å². The van der Waals surface area contributed by atoms with Gasteiger partial charge in [0.2, 0.25) is 0 Å². The molecule has 0 bridgehead atoms. The monoisotopic (exact) mass is 411 g/mol. The molecule has 0 amide bonds. The average Bonchev–Trinajstić information content (AvgIpc) is 3.22. The van der Waals surface area contributed by atoms with Gasteiger partial charge in [-0.05, 0) is 70.1 Å². The van der Waals surface area contributed by atoms with E-state index in [2.05, 4.69) is 25.7 Å². The molecular weight excluding hydrogens is 378 g/mol. The van der Waals surface area contributed by atoms with Crippen LogP contribution in [-0.4, -0.2) is 55.1 Å². The van der Waals surface area contributed by atoms with Crippen molar-refractivity contribution < 1.29 is 19.3 Å². The SMILES string of the molecule is C1CCOC1.COc1cc2c(c(Cl)c1O)CCN1CC(OC(C)(C)C)CCC21. The van der Waals surface area contributed by atoms with Crippen LogP contribution in [-0.2, 0) is 15.9 Å². The number of phenols is 1. The van der Waals surface area contributed by atoms with Crippen LogP contribution < -0.4 is 4.74 Å². The quantitative estimate of drug-likeness (QED) is 0.762. The number of nitrogens with zero attached hydrogens (tertiary/aromatic N) is 1. The summed E-state index contributed by atoms with van der Waals surface area (Å²) < 4.78 is 16.4. The van der Waals surface area contributed by atoms with Crippen LogP contribution in [0.15, 0.2) is 6.07 Å². The van der Waals surface area contributed by atoms with Crippen molar-refractivity contribution in [2.24, 2.45) is 0 Å². The zero-order valence-electron chi connectivity index (χ0n) is 17.6. The van der Waals surface area contributed by atoms with Gasteiger partial charge in [0.25, 0.3) is 0 Å². The van der Waals surface area contributed by atoms with E-state index in [0.717, 1.165) is 51.1 Å². The second-order valence-corrected chi connectivity index (χ2v) is 9.20. The lowest BCUT2D eigenvalue weighted by Crippen LogP contribution is -2.47. The number of ether oxygens (including phenoxy) is 3. The highest BCUT2D eigenvalue weighted by molar-refractivity contribution is 6.33. The van der Waals surface area contributed by atoms with Crippen LogP contribution in [0.1, 0.15) is 63.6 Å². The highest BCUT2D eigenvalue weighted by atomic mass is 35.5. The summed E-state index contributed by atoms with van der Waals surface area (Å²) in [6.45, 7) is 10.2. The molecule has 5 nitrogen and oxygen atoms in total. The molecule has 2 atom stereocenters. The first-order valence-corrected chi connectivity index (χ1v) is 10.8. The van der Waals surface area contributed by atoms with E-state index < -0.39 is 0 Å². The van der Waals surface area contributed by atoms with Crippen LogP contribution in [0, 0.1) is 0 Å². The molecule has 1 N–H and O–H groups in total. The summed E-state index contributed by atoms with van der Waals surface area (Å²) in [5.41, 5.74) is 2.16. The van der Waals surface area contributed by atoms with Gasteiger partial charge in [-0.15, -0.1) is 0 Å². The smallest absolute Gasteiger partial charge is 0.177 e. The molecule has 158 valence electrons. The third kappa shape index (κ3) is 5.12. The molecule has 4 rings (SSSR count). The molecule has 6 heteroatoms. The van der Waals surface area contributed by atoms with Crippen molar-refractivity contribution in [3.8, 4) is 11.5 Å². The number of rotatable bonds is 2. The van der Waals surface area contributed by atoms with Crippen molar-refractivity contribution in [1.29, 1.82) is 0 Å². The van der Waals surface area contributed by atoms with Gasteiger partial charge in [0.15, 0.2) is 11.5 Å². The number of benzene rings is 1. The Bertz CT molecular complexity index is 662. The zero-order chi connectivity index (χ0) is 20.3. The number of hydrogen-bond donors (Lipinski definition) is 1. The fraction of sp³-hybridized carbons (Fsp3) is 0.727. The van der Waals surface area contributed by atoms with Gasteiger partial charge in [-0.3, -0.25) is 4.90 Å². The van der Waals surface area contributed by atoms with Gasteiger partial charge in [-0.25, -0.2) is 0 Å². The fourth-order valence-electron chi connectivity index (χ4n) is 4.35. The fourth-order valence-corrected chi connectivity index (χ4v) is 4.65. The van der Waals surface area contributed by atoms with Crippen LogP contribution in [0.3, 0.4) is 0 Å². The number of aromatic hydroxyl groups is 1. The third-order valence-corrected chi connectivity index (χ3v) is 5.96. The van der Waals surface area contributed by atoms with E-state index in [9.17, 15) is 5.11 Å². The maximum Gasteiger partial charge on any atom is 0.177 e. The van der Waals surface area contributed by atoms with Crippen molar-refractivity contribution >= 4 is 11.6 Å². The topological polar surface area (TPSA) is 51.2 Å². The number of halogens is 1. The first-order chi connectivity index (χ1) is 13.3. The van der Waals surface area contributed by atoms with Gasteiger partial charge in [0, 0.05) is 32.3 Å². The summed E-state index contributed by atoms with van der Waals surface area (Å²) in [7, 11) is 1.56. The van der Waals surface area contributed by atoms with Crippen LogP contribution in [0.25, 0.3) is 0 Å². The molecule has 2 unspecified atom stereocenters. The van der Waals surface area contributed by atoms with E-state index >= 15 is 0 Å². The second-order valence-electron chi connectivity index (χ2n) is 8.82. The highest BCUT2D eigenvalue weighted by Crippen LogP contribution is 2.46. The van der Waals surface area contributed by atoms with E-state index in [1.165, 1.54) is 18.4 Å². The van der Waals surface area contributed by atoms with Crippen molar-refractivity contribution in [3.63, 3.8) is 0 Å². The predicted octanol–water partition coefficient (Wildman–Crippen LogP) is 4.73. The largest absolute Gasteiger partial charge is 0.503 e. The first kappa shape index (κ1) is 21.7. The maximum atomic E-state index is 10.1. The molecule has 0 spiro atoms. The Kier molecular flexibility index (Phi) is 7.13. The number of piperidine rings is 1. The highest BCUT2D eigenvalue weighted by Gasteiger charge is 2.36. The van der Waals surface area contributed by atoms with E-state index in [1.54, 1.807) is 7.11 Å². The van der Waals surface area contributed by atoms with Gasteiger partial charge in [-0.2, -0.15) is 0 Å². The number of phenolic OH excluding ortho intramolecular Hbond substituents is 1. The Balaban J connectivity index is 0.000000391. The van der Waals surface area contributed by atoms with Crippen LogP contribution in [0.2, 0.25) is 5.02 Å². The van der Waals surface area contributed by atoms with E-state index in [-0.39, 0.29) is 17.5 Å². The van der Waals surface area contributed by atoms with E-state index in [4.69, 9.17) is 25.8 Å². The lowest BCUT2D eigenvalue weighted by Gasteiger charge is -2.45. The Morgan fingerprint density at radius 1 is 1.21 bits per heavy atom. The molecular formula is C22H34ClNO4. The van der Waals surface area contributed by atoms with Gasteiger partial charge in [0.1, 0.15) is 0 Å². The summed E-state index contributed by atoms with van der Waals surface area (Å²) in [5.74, 6) is 0.523. The van der Waals surface area contributed by atoms with Gasteiger partial charge >= 0.3 is 0 Å². The van der Waals surface area contributed by atoms with E-state index in [0.29, 0.717) is 16.8 Å². The minimum Gasteiger partial charge on any atom is -0.503 e. The van der Waals surface area contributed by atoms with Crippen molar-refractivity contribution in [2.45, 2.75) is 70.6 Å². The van der Waals surface area contributed by atoms with Crippen molar-refractivity contribution in [3.05, 3.63) is 22.2 Å². The van der Waals surface area contributed by atoms with Crippen LogP contribution >= 0.6 is 11.6 Å². The third-order valence-electron chi connectivity index (χ3n) is 5.56. The average molecular weight is 412 g/mol. The minimum atomic E-state index is -0.108. The Morgan fingerprint density at radius 3 is 2.50 bits per heavy atom. The van der Waals surface area contributed by atoms with E-state index in [1.807, 2.05) is 6.07 Å². The summed E-state index contributed by atoms with van der Waals surface area (Å²) in [6, 6.07) is 2.30. The normalized spacial score (nSPS) is 24.8. The summed E-state index contributed by atoms with van der Waals surface area (Å²) in [4.78, 5) is 2.48. The lowest BCUT2D eigenvalue weighted by molar-refractivity contribution is -0.0971. The van der Waals surface area contributed by atoms with Gasteiger partial charge < -0.3 is 19.3 Å². The predicted molar refractivity (Wildman–Crippen MR) is 112 cm³/mol. The number of fused-ring (bicyclic) bond motifs is 3. The van der Waals surface area contributed by atoms with Crippen molar-refractivity contribution in [1.82, 2.24) is 4.90 Å². The minimum absolute atomic E-state index is 0.0612. The summed E-state index contributed by atoms with van der Waals surface area (Å²) in [6.07, 6.45) is 5.77. The molecule has 28 heavy (non-hydrogen) atoms. The first-order valence-electron chi connectivity index (χ1n) is 10.4. The Morgan fingerprint density at radius 2 is 1.93 bits per heavy atom. The van der Waals surface area contributed by atoms with Crippen molar-refractivity contribution in [2.75, 3.05) is 33.4 Å². The molecule has 3 aliphatic heterocycles. The molecule has 1 aromatic carbocycles. The van der Waals surface area contributed by atoms with Gasteiger partial charge in [-0.1, -0.05) is 11.6 Å². The summed E-state index contributed by atoms with van der Waals surface area (Å²) >= 11 is 6.37. The molecule has 1 aromatic rings. The standard InChI is InChI=1S/C18H26ClNO3.C4H8O/c1-18(2,3)23-11-5-6-14-13-9-15(22-4)17(21)16(19)12(13)7-8-20(14)10-11;1-2-4-5-3-1/h9,11,14,21H,5-8,10H2,1-4H3;1-4H2. The molecule has 2 fully saturated rings. The Hall–Kier alpha value is -1.01. The van der Waals surface area contributed by atoms with Crippen LogP contribution in [0.5, 0.6) is 11.5 Å².